The molecule has 0 aliphatic heterocycles. The molecule has 2 fully saturated rings. The fraction of sp³-hybridized carbons (Fsp3) is 0.444. The molecule has 1 aromatic heterocycles. The highest BCUT2D eigenvalue weighted by Crippen LogP contribution is 2.62. The molecule has 2 saturated carbocycles. The first kappa shape index (κ1) is 19.7. The summed E-state index contributed by atoms with van der Waals surface area (Å²) in [7, 11) is 1.73. The summed E-state index contributed by atoms with van der Waals surface area (Å²) in [6.45, 7) is 2.22. The van der Waals surface area contributed by atoms with E-state index in [2.05, 4.69) is 47.6 Å². The highest BCUT2D eigenvalue weighted by atomic mass is 16.5. The third-order valence-electron chi connectivity index (χ3n) is 8.55. The zero-order valence-electron chi connectivity index (χ0n) is 18.7. The third kappa shape index (κ3) is 2.86. The molecule has 6 rings (SSSR count). The van der Waals surface area contributed by atoms with Crippen molar-refractivity contribution in [3.63, 3.8) is 0 Å². The van der Waals surface area contributed by atoms with Gasteiger partial charge in [0.2, 0.25) is 0 Å². The molecule has 5 atom stereocenters. The first-order valence-electron chi connectivity index (χ1n) is 11.8. The van der Waals surface area contributed by atoms with E-state index in [1.165, 1.54) is 11.1 Å². The maximum absolute atomic E-state index is 13.3. The van der Waals surface area contributed by atoms with E-state index < -0.39 is 0 Å². The summed E-state index contributed by atoms with van der Waals surface area (Å²) in [6, 6.07) is 16.8. The third-order valence-corrected chi connectivity index (χ3v) is 8.55. The molecule has 0 radical (unpaired) electrons. The summed E-state index contributed by atoms with van der Waals surface area (Å²) in [5, 5.41) is 9.00. The number of aromatic nitrogens is 3. The number of Topliss-reactive ketones (excluding diaryl/α,β-unsaturated/α-hetero) is 1. The predicted octanol–water partition coefficient (Wildman–Crippen LogP) is 5.23. The van der Waals surface area contributed by atoms with Gasteiger partial charge in [0.15, 0.2) is 0 Å². The summed E-state index contributed by atoms with van der Waals surface area (Å²) in [4.78, 5) is 13.3. The number of rotatable bonds is 3. The lowest BCUT2D eigenvalue weighted by Crippen LogP contribution is -2.44. The van der Waals surface area contributed by atoms with Crippen LogP contribution in [0.3, 0.4) is 0 Å². The smallest absolute Gasteiger partial charge is 0.141 e. The Morgan fingerprint density at radius 3 is 2.78 bits per heavy atom. The Hall–Kier alpha value is -2.95. The normalized spacial score (nSPS) is 31.0. The van der Waals surface area contributed by atoms with Gasteiger partial charge >= 0.3 is 0 Å². The topological polar surface area (TPSA) is 57.0 Å². The van der Waals surface area contributed by atoms with Gasteiger partial charge < -0.3 is 4.74 Å². The Balaban J connectivity index is 1.37. The lowest BCUT2D eigenvalue weighted by Gasteiger charge is -2.49. The van der Waals surface area contributed by atoms with Crippen molar-refractivity contribution < 1.29 is 9.53 Å². The Bertz CT molecular complexity index is 1170. The summed E-state index contributed by atoms with van der Waals surface area (Å²) in [6.07, 6.45) is 6.83. The van der Waals surface area contributed by atoms with Gasteiger partial charge in [-0.15, -0.1) is 5.10 Å². The zero-order chi connectivity index (χ0) is 21.9. The molecule has 0 unspecified atom stereocenters. The van der Waals surface area contributed by atoms with Crippen LogP contribution in [0.5, 0.6) is 5.75 Å². The Labute approximate surface area is 188 Å². The maximum Gasteiger partial charge on any atom is 0.141 e. The number of benzene rings is 2. The van der Waals surface area contributed by atoms with Crippen LogP contribution in [0, 0.1) is 17.3 Å². The van der Waals surface area contributed by atoms with Gasteiger partial charge in [-0.1, -0.05) is 48.5 Å². The van der Waals surface area contributed by atoms with Crippen molar-refractivity contribution in [3.05, 3.63) is 65.9 Å². The van der Waals surface area contributed by atoms with Gasteiger partial charge in [0, 0.05) is 17.4 Å². The van der Waals surface area contributed by atoms with E-state index in [9.17, 15) is 4.79 Å². The van der Waals surface area contributed by atoms with Crippen LogP contribution in [0.2, 0.25) is 0 Å². The van der Waals surface area contributed by atoms with Crippen LogP contribution in [0.25, 0.3) is 11.3 Å². The highest BCUT2D eigenvalue weighted by Gasteiger charge is 2.59. The largest absolute Gasteiger partial charge is 0.497 e. The Morgan fingerprint density at radius 1 is 1.12 bits per heavy atom. The van der Waals surface area contributed by atoms with Crippen molar-refractivity contribution in [1.29, 1.82) is 0 Å². The van der Waals surface area contributed by atoms with Crippen molar-refractivity contribution in [2.45, 2.75) is 51.0 Å². The van der Waals surface area contributed by atoms with Crippen molar-refractivity contribution in [2.75, 3.05) is 7.11 Å². The molecule has 0 bridgehead atoms. The number of ether oxygens (including phenoxy) is 1. The molecule has 1 heterocycles. The number of methoxy groups -OCH3 is 1. The Morgan fingerprint density at radius 2 is 1.97 bits per heavy atom. The minimum absolute atomic E-state index is 0.0880. The quantitative estimate of drug-likeness (QED) is 0.574. The molecule has 5 heteroatoms. The van der Waals surface area contributed by atoms with Crippen LogP contribution in [0.15, 0.2) is 54.7 Å². The van der Waals surface area contributed by atoms with Gasteiger partial charge in [-0.3, -0.25) is 4.79 Å². The lowest BCUT2D eigenvalue weighted by atomic mass is 9.55. The second kappa shape index (κ2) is 7.29. The van der Waals surface area contributed by atoms with Crippen LogP contribution in [0.1, 0.15) is 55.7 Å². The van der Waals surface area contributed by atoms with Gasteiger partial charge in [0.05, 0.1) is 19.3 Å². The van der Waals surface area contributed by atoms with E-state index in [0.29, 0.717) is 30.0 Å². The molecule has 3 aromatic rings. The van der Waals surface area contributed by atoms with E-state index in [1.54, 1.807) is 7.11 Å². The monoisotopic (exact) mass is 427 g/mol. The number of fused-ring (bicyclic) bond motifs is 5. The summed E-state index contributed by atoms with van der Waals surface area (Å²) in [5.74, 6) is 2.65. The van der Waals surface area contributed by atoms with Crippen molar-refractivity contribution >= 4 is 5.78 Å². The van der Waals surface area contributed by atoms with E-state index in [0.717, 1.165) is 42.7 Å². The van der Waals surface area contributed by atoms with Crippen LogP contribution >= 0.6 is 0 Å². The second-order valence-corrected chi connectivity index (χ2v) is 10.0. The average Bonchev–Trinajstić information content (AvgIpc) is 3.42. The minimum atomic E-state index is -0.255. The van der Waals surface area contributed by atoms with E-state index >= 15 is 0 Å². The number of carbonyl (C=O) groups excluding carboxylic acids is 1. The highest BCUT2D eigenvalue weighted by molar-refractivity contribution is 5.88. The lowest BCUT2D eigenvalue weighted by molar-refractivity contribution is -0.129. The fourth-order valence-electron chi connectivity index (χ4n) is 6.96. The SMILES string of the molecule is COc1ccc2c(c1)CC[C@H]1[C@@H]3[C@H](n4cc(-c5ccccc5)nn4)CC(=O)[C@@]3(C)CC[C@H]21. The minimum Gasteiger partial charge on any atom is -0.497 e. The number of aryl methyl sites for hydroxylation is 1. The summed E-state index contributed by atoms with van der Waals surface area (Å²) < 4.78 is 7.47. The second-order valence-electron chi connectivity index (χ2n) is 10.0. The molecule has 3 aliphatic carbocycles. The standard InChI is InChI=1S/C27H29N3O2/c1-27-13-12-21-20-11-9-19(32-2)14-18(20)8-10-22(21)26(27)24(15-25(27)31)30-16-23(28-29-30)17-6-4-3-5-7-17/h3-7,9,11,14,16,21-22,24,26H,8,10,12-13,15H2,1-2H3/t21-,22-,24-,26-,27-/m1/s1. The van der Waals surface area contributed by atoms with Crippen LogP contribution < -0.4 is 4.74 Å². The van der Waals surface area contributed by atoms with E-state index in [4.69, 9.17) is 4.74 Å². The predicted molar refractivity (Wildman–Crippen MR) is 122 cm³/mol. The number of nitrogens with zero attached hydrogens (tertiary/aromatic N) is 3. The van der Waals surface area contributed by atoms with Gasteiger partial charge in [-0.25, -0.2) is 4.68 Å². The van der Waals surface area contributed by atoms with Crippen molar-refractivity contribution in [1.82, 2.24) is 15.0 Å². The van der Waals surface area contributed by atoms with Crippen LogP contribution in [-0.2, 0) is 11.2 Å². The zero-order valence-corrected chi connectivity index (χ0v) is 18.7. The van der Waals surface area contributed by atoms with Crippen molar-refractivity contribution in [2.24, 2.45) is 17.3 Å². The van der Waals surface area contributed by atoms with E-state index in [-0.39, 0.29) is 11.5 Å². The molecule has 32 heavy (non-hydrogen) atoms. The maximum atomic E-state index is 13.3. The van der Waals surface area contributed by atoms with Gasteiger partial charge in [0.25, 0.3) is 0 Å². The molecular formula is C27H29N3O2. The molecule has 164 valence electrons. The number of hydrogen-bond donors (Lipinski definition) is 0. The van der Waals surface area contributed by atoms with Crippen LogP contribution in [-0.4, -0.2) is 27.9 Å². The summed E-state index contributed by atoms with van der Waals surface area (Å²) in [5.41, 5.74) is 4.57. The van der Waals surface area contributed by atoms with Crippen molar-refractivity contribution in [3.8, 4) is 17.0 Å². The molecule has 5 nitrogen and oxygen atoms in total. The first-order chi connectivity index (χ1) is 15.6. The molecular weight excluding hydrogens is 398 g/mol. The molecule has 0 amide bonds. The van der Waals surface area contributed by atoms with Gasteiger partial charge in [0.1, 0.15) is 17.2 Å². The fourth-order valence-corrected chi connectivity index (χ4v) is 6.96. The van der Waals surface area contributed by atoms with E-state index in [1.807, 2.05) is 29.1 Å². The van der Waals surface area contributed by atoms with Gasteiger partial charge in [-0.05, 0) is 66.7 Å². The number of hydrogen-bond acceptors (Lipinski definition) is 4. The average molecular weight is 428 g/mol. The molecule has 0 spiro atoms. The first-order valence-corrected chi connectivity index (χ1v) is 11.8. The molecule has 0 N–H and O–H groups in total. The molecule has 0 saturated heterocycles. The summed E-state index contributed by atoms with van der Waals surface area (Å²) >= 11 is 0. The molecule has 3 aliphatic rings. The Kier molecular flexibility index (Phi) is 4.49. The molecule has 2 aromatic carbocycles. The van der Waals surface area contributed by atoms with Gasteiger partial charge in [-0.2, -0.15) is 0 Å². The van der Waals surface area contributed by atoms with Crippen LogP contribution in [0.4, 0.5) is 0 Å². The number of ketones is 1. The number of carbonyl (C=O) groups is 1.